The van der Waals surface area contributed by atoms with E-state index in [-0.39, 0.29) is 47.2 Å². The summed E-state index contributed by atoms with van der Waals surface area (Å²) in [5.74, 6) is -0.898. The molecule has 0 bridgehead atoms. The molecule has 0 fully saturated rings. The molecule has 0 unspecified atom stereocenters. The summed E-state index contributed by atoms with van der Waals surface area (Å²) in [6, 6.07) is 7.55. The van der Waals surface area contributed by atoms with Crippen molar-refractivity contribution in [1.29, 1.82) is 0 Å². The molecular weight excluding hydrogens is 348 g/mol. The van der Waals surface area contributed by atoms with Crippen LogP contribution in [-0.2, 0) is 6.42 Å². The standard InChI is InChI=1S/C21H22O6/c1-13(12-22)3-9-16-18(25)11-19(27-2)20(21(16)26)17(24)10-6-14-4-7-15(23)8-5-14/h3-8,10-11,22-23,25-26H,9,12H2,1-2H3/b10-6+,13-3-. The van der Waals surface area contributed by atoms with E-state index in [4.69, 9.17) is 9.84 Å². The van der Waals surface area contributed by atoms with Crippen molar-refractivity contribution >= 4 is 11.9 Å². The zero-order valence-corrected chi connectivity index (χ0v) is 15.1. The van der Waals surface area contributed by atoms with Crippen LogP contribution in [0.2, 0.25) is 0 Å². The van der Waals surface area contributed by atoms with Crippen LogP contribution < -0.4 is 4.74 Å². The molecule has 2 aromatic rings. The Hall–Kier alpha value is -3.25. The molecule has 0 heterocycles. The lowest BCUT2D eigenvalue weighted by molar-refractivity contribution is 0.104. The number of phenols is 3. The van der Waals surface area contributed by atoms with E-state index in [1.165, 1.54) is 31.4 Å². The van der Waals surface area contributed by atoms with Gasteiger partial charge in [0.15, 0.2) is 5.78 Å². The minimum atomic E-state index is -0.499. The van der Waals surface area contributed by atoms with Crippen LogP contribution in [0, 0.1) is 0 Å². The van der Waals surface area contributed by atoms with Crippen LogP contribution in [0.15, 0.2) is 48.1 Å². The molecule has 0 saturated heterocycles. The number of rotatable bonds is 7. The minimum absolute atomic E-state index is 0.0527. The molecule has 2 rings (SSSR count). The molecule has 0 radical (unpaired) electrons. The molecule has 2 aromatic carbocycles. The Balaban J connectivity index is 2.41. The molecule has 0 spiro atoms. The SMILES string of the molecule is COc1cc(O)c(C/C=C(/C)CO)c(O)c1C(=O)/C=C/c1ccc(O)cc1. The Morgan fingerprint density at radius 1 is 1.15 bits per heavy atom. The number of carbonyl (C=O) groups excluding carboxylic acids is 1. The van der Waals surface area contributed by atoms with Gasteiger partial charge in [0.05, 0.1) is 13.7 Å². The van der Waals surface area contributed by atoms with E-state index >= 15 is 0 Å². The highest BCUT2D eigenvalue weighted by molar-refractivity contribution is 6.11. The van der Waals surface area contributed by atoms with E-state index in [1.54, 1.807) is 31.2 Å². The van der Waals surface area contributed by atoms with Gasteiger partial charge in [0.1, 0.15) is 28.6 Å². The maximum atomic E-state index is 12.6. The molecule has 0 aliphatic rings. The van der Waals surface area contributed by atoms with Gasteiger partial charge in [-0.3, -0.25) is 4.79 Å². The molecule has 0 amide bonds. The lowest BCUT2D eigenvalue weighted by atomic mass is 9.99. The number of carbonyl (C=O) groups is 1. The van der Waals surface area contributed by atoms with E-state index in [1.807, 2.05) is 0 Å². The third-order valence-corrected chi connectivity index (χ3v) is 4.04. The highest BCUT2D eigenvalue weighted by Gasteiger charge is 2.21. The van der Waals surface area contributed by atoms with Crippen molar-refractivity contribution in [2.45, 2.75) is 13.3 Å². The summed E-state index contributed by atoms with van der Waals surface area (Å²) in [7, 11) is 1.34. The van der Waals surface area contributed by atoms with Crippen molar-refractivity contribution in [2.75, 3.05) is 13.7 Å². The highest BCUT2D eigenvalue weighted by atomic mass is 16.5. The number of benzene rings is 2. The first-order valence-corrected chi connectivity index (χ1v) is 8.27. The van der Waals surface area contributed by atoms with Gasteiger partial charge in [-0.2, -0.15) is 0 Å². The van der Waals surface area contributed by atoms with Crippen LogP contribution in [0.3, 0.4) is 0 Å². The van der Waals surface area contributed by atoms with Crippen LogP contribution in [0.1, 0.15) is 28.4 Å². The average molecular weight is 370 g/mol. The number of aliphatic hydroxyl groups is 1. The summed E-state index contributed by atoms with van der Waals surface area (Å²) in [5.41, 5.74) is 1.48. The summed E-state index contributed by atoms with van der Waals surface area (Å²) >= 11 is 0. The first kappa shape index (κ1) is 20.1. The fourth-order valence-electron chi connectivity index (χ4n) is 2.45. The lowest BCUT2D eigenvalue weighted by Crippen LogP contribution is -2.02. The molecule has 6 heteroatoms. The van der Waals surface area contributed by atoms with E-state index in [0.717, 1.165) is 0 Å². The fraction of sp³-hybridized carbons (Fsp3) is 0.190. The Labute approximate surface area is 157 Å². The molecule has 0 aliphatic heterocycles. The largest absolute Gasteiger partial charge is 0.508 e. The van der Waals surface area contributed by atoms with Crippen molar-refractivity contribution in [3.63, 3.8) is 0 Å². The van der Waals surface area contributed by atoms with Crippen molar-refractivity contribution in [2.24, 2.45) is 0 Å². The summed E-state index contributed by atoms with van der Waals surface area (Å²) in [5, 5.41) is 39.1. The number of ketones is 1. The van der Waals surface area contributed by atoms with Crippen molar-refractivity contribution in [3.05, 3.63) is 64.7 Å². The maximum absolute atomic E-state index is 12.6. The second-order valence-corrected chi connectivity index (χ2v) is 6.00. The summed E-state index contributed by atoms with van der Waals surface area (Å²) < 4.78 is 5.13. The van der Waals surface area contributed by atoms with Gasteiger partial charge in [-0.25, -0.2) is 0 Å². The number of aliphatic hydroxyl groups excluding tert-OH is 1. The lowest BCUT2D eigenvalue weighted by Gasteiger charge is -2.13. The van der Waals surface area contributed by atoms with Gasteiger partial charge in [0.2, 0.25) is 0 Å². The number of aromatic hydroxyl groups is 3. The van der Waals surface area contributed by atoms with Crippen LogP contribution in [0.25, 0.3) is 6.08 Å². The normalized spacial score (nSPS) is 11.7. The van der Waals surface area contributed by atoms with E-state index in [9.17, 15) is 20.1 Å². The number of phenolic OH excluding ortho intramolecular Hbond substituents is 3. The van der Waals surface area contributed by atoms with Crippen molar-refractivity contribution in [1.82, 2.24) is 0 Å². The topological polar surface area (TPSA) is 107 Å². The molecule has 0 saturated carbocycles. The van der Waals surface area contributed by atoms with Gasteiger partial charge < -0.3 is 25.2 Å². The van der Waals surface area contributed by atoms with Crippen LogP contribution in [-0.4, -0.2) is 39.9 Å². The molecule has 0 atom stereocenters. The molecule has 0 aromatic heterocycles. The third-order valence-electron chi connectivity index (χ3n) is 4.04. The predicted molar refractivity (Wildman–Crippen MR) is 102 cm³/mol. The van der Waals surface area contributed by atoms with E-state index < -0.39 is 5.78 Å². The number of hydrogen-bond acceptors (Lipinski definition) is 6. The fourth-order valence-corrected chi connectivity index (χ4v) is 2.45. The molecular formula is C21H22O6. The molecule has 142 valence electrons. The van der Waals surface area contributed by atoms with Crippen molar-refractivity contribution in [3.8, 4) is 23.0 Å². The molecule has 0 aliphatic carbocycles. The van der Waals surface area contributed by atoms with E-state index in [2.05, 4.69) is 0 Å². The van der Waals surface area contributed by atoms with Gasteiger partial charge in [-0.1, -0.05) is 29.9 Å². The predicted octanol–water partition coefficient (Wildman–Crippen LogP) is 3.19. The summed E-state index contributed by atoms with van der Waals surface area (Å²) in [6.45, 7) is 1.57. The van der Waals surface area contributed by atoms with Crippen LogP contribution >= 0.6 is 0 Å². The Morgan fingerprint density at radius 2 is 1.81 bits per heavy atom. The number of ether oxygens (including phenoxy) is 1. The summed E-state index contributed by atoms with van der Waals surface area (Å²) in [4.78, 5) is 12.6. The quantitative estimate of drug-likeness (QED) is 0.339. The van der Waals surface area contributed by atoms with Gasteiger partial charge >= 0.3 is 0 Å². The highest BCUT2D eigenvalue weighted by Crippen LogP contribution is 2.39. The smallest absolute Gasteiger partial charge is 0.193 e. The van der Waals surface area contributed by atoms with Crippen LogP contribution in [0.5, 0.6) is 23.0 Å². The Kier molecular flexibility index (Phi) is 6.62. The van der Waals surface area contributed by atoms with E-state index in [0.29, 0.717) is 11.1 Å². The molecule has 6 nitrogen and oxygen atoms in total. The Bertz CT molecular complexity index is 879. The number of hydrogen-bond donors (Lipinski definition) is 4. The zero-order chi connectivity index (χ0) is 20.0. The number of methoxy groups -OCH3 is 1. The second kappa shape index (κ2) is 8.91. The van der Waals surface area contributed by atoms with Gasteiger partial charge in [0.25, 0.3) is 0 Å². The monoisotopic (exact) mass is 370 g/mol. The first-order valence-electron chi connectivity index (χ1n) is 8.27. The first-order chi connectivity index (χ1) is 12.9. The maximum Gasteiger partial charge on any atom is 0.193 e. The number of allylic oxidation sites excluding steroid dienone is 2. The minimum Gasteiger partial charge on any atom is -0.508 e. The van der Waals surface area contributed by atoms with Crippen molar-refractivity contribution < 1.29 is 30.0 Å². The van der Waals surface area contributed by atoms with Gasteiger partial charge in [-0.15, -0.1) is 0 Å². The Morgan fingerprint density at radius 3 is 2.41 bits per heavy atom. The summed E-state index contributed by atoms with van der Waals surface area (Å²) in [6.07, 6.45) is 4.63. The second-order valence-electron chi connectivity index (χ2n) is 6.00. The molecule has 4 N–H and O–H groups in total. The zero-order valence-electron chi connectivity index (χ0n) is 15.1. The molecule has 27 heavy (non-hydrogen) atoms. The van der Waals surface area contributed by atoms with Crippen LogP contribution in [0.4, 0.5) is 0 Å². The third kappa shape index (κ3) is 4.89. The van der Waals surface area contributed by atoms with Gasteiger partial charge in [0, 0.05) is 11.6 Å². The average Bonchev–Trinajstić information content (AvgIpc) is 2.66. The van der Waals surface area contributed by atoms with Gasteiger partial charge in [-0.05, 0) is 37.1 Å².